The second-order valence-corrected chi connectivity index (χ2v) is 7.29. The number of hydrogen-bond donors (Lipinski definition) is 2. The van der Waals surface area contributed by atoms with Crippen molar-refractivity contribution in [1.29, 1.82) is 0 Å². The Morgan fingerprint density at radius 2 is 2.26 bits per heavy atom. The fourth-order valence-electron chi connectivity index (χ4n) is 3.39. The zero-order chi connectivity index (χ0) is 16.1. The van der Waals surface area contributed by atoms with E-state index in [4.69, 9.17) is 0 Å². The minimum Gasteiger partial charge on any atom is -0.352 e. The number of aromatic nitrogens is 2. The predicted molar refractivity (Wildman–Crippen MR) is 90.7 cm³/mol. The van der Waals surface area contributed by atoms with Crippen LogP contribution < -0.4 is 10.6 Å². The Kier molecular flexibility index (Phi) is 3.42. The number of aryl methyl sites for hydroxylation is 1. The number of amides is 1. The quantitative estimate of drug-likeness (QED) is 0.884. The molecule has 2 aliphatic heterocycles. The molecular weight excluding hydrogens is 310 g/mol. The van der Waals surface area contributed by atoms with E-state index in [-0.39, 0.29) is 12.1 Å². The number of anilines is 1. The normalized spacial score (nSPS) is 20.7. The van der Waals surface area contributed by atoms with Gasteiger partial charge in [-0.3, -0.25) is 14.4 Å². The number of nitrogens with zero attached hydrogens (tertiary/aromatic N) is 3. The Bertz CT molecular complexity index is 778. The van der Waals surface area contributed by atoms with Gasteiger partial charge >= 0.3 is 0 Å². The van der Waals surface area contributed by atoms with Crippen molar-refractivity contribution in [2.24, 2.45) is 7.05 Å². The van der Waals surface area contributed by atoms with Crippen LogP contribution in [0.4, 0.5) is 5.00 Å². The van der Waals surface area contributed by atoms with E-state index in [1.54, 1.807) is 11.3 Å². The lowest BCUT2D eigenvalue weighted by atomic mass is 10.0. The Balaban J connectivity index is 1.69. The maximum absolute atomic E-state index is 12.7. The zero-order valence-electron chi connectivity index (χ0n) is 13.6. The fraction of sp³-hybridized carbons (Fsp3) is 0.500. The molecule has 2 N–H and O–H groups in total. The fourth-order valence-corrected chi connectivity index (χ4v) is 4.71. The predicted octanol–water partition coefficient (Wildman–Crippen LogP) is 2.02. The van der Waals surface area contributed by atoms with Crippen LogP contribution >= 0.6 is 11.3 Å². The maximum Gasteiger partial charge on any atom is 0.256 e. The van der Waals surface area contributed by atoms with Gasteiger partial charge in [0, 0.05) is 36.3 Å². The highest BCUT2D eigenvalue weighted by Crippen LogP contribution is 2.40. The number of rotatable bonds is 2. The maximum atomic E-state index is 12.7. The summed E-state index contributed by atoms with van der Waals surface area (Å²) in [4.78, 5) is 16.4. The van der Waals surface area contributed by atoms with Gasteiger partial charge in [-0.25, -0.2) is 0 Å². The average molecular weight is 331 g/mol. The summed E-state index contributed by atoms with van der Waals surface area (Å²) in [6.45, 7) is 7.24. The lowest BCUT2D eigenvalue weighted by molar-refractivity contribution is 0.0934. The van der Waals surface area contributed by atoms with Crippen LogP contribution in [0.5, 0.6) is 0 Å². The SMILES string of the molecule is CCN1CCc2c(sc3c2C(=O)N[C@@H](c2cnn(C)c2C)N3)C1. The van der Waals surface area contributed by atoms with Gasteiger partial charge in [0.2, 0.25) is 0 Å². The Morgan fingerprint density at radius 1 is 1.43 bits per heavy atom. The van der Waals surface area contributed by atoms with Crippen LogP contribution in [0.1, 0.15) is 45.1 Å². The van der Waals surface area contributed by atoms with Crippen molar-refractivity contribution in [3.05, 3.63) is 33.5 Å². The Hall–Kier alpha value is -1.86. The van der Waals surface area contributed by atoms with Crippen LogP contribution in [0.25, 0.3) is 0 Å². The third-order valence-electron chi connectivity index (χ3n) is 4.95. The molecule has 122 valence electrons. The summed E-state index contributed by atoms with van der Waals surface area (Å²) >= 11 is 1.73. The van der Waals surface area contributed by atoms with E-state index in [0.29, 0.717) is 0 Å². The van der Waals surface area contributed by atoms with Gasteiger partial charge in [-0.2, -0.15) is 5.10 Å². The van der Waals surface area contributed by atoms with Gasteiger partial charge in [-0.15, -0.1) is 11.3 Å². The zero-order valence-corrected chi connectivity index (χ0v) is 14.5. The number of hydrogen-bond acceptors (Lipinski definition) is 5. The monoisotopic (exact) mass is 331 g/mol. The average Bonchev–Trinajstić information content (AvgIpc) is 3.07. The topological polar surface area (TPSA) is 62.2 Å². The van der Waals surface area contributed by atoms with E-state index >= 15 is 0 Å². The number of fused-ring (bicyclic) bond motifs is 3. The summed E-state index contributed by atoms with van der Waals surface area (Å²) < 4.78 is 1.83. The molecular formula is C16H21N5OS. The van der Waals surface area contributed by atoms with E-state index < -0.39 is 0 Å². The first-order valence-electron chi connectivity index (χ1n) is 8.01. The van der Waals surface area contributed by atoms with E-state index in [1.807, 2.05) is 24.9 Å². The molecule has 1 atom stereocenters. The summed E-state index contributed by atoms with van der Waals surface area (Å²) in [7, 11) is 1.91. The van der Waals surface area contributed by atoms with E-state index in [2.05, 4.69) is 27.6 Å². The van der Waals surface area contributed by atoms with Gasteiger partial charge in [0.25, 0.3) is 5.91 Å². The molecule has 4 heterocycles. The highest BCUT2D eigenvalue weighted by molar-refractivity contribution is 7.16. The first-order chi connectivity index (χ1) is 11.1. The minimum atomic E-state index is -0.203. The van der Waals surface area contributed by atoms with E-state index in [9.17, 15) is 4.79 Å². The van der Waals surface area contributed by atoms with Crippen molar-refractivity contribution in [1.82, 2.24) is 20.0 Å². The van der Waals surface area contributed by atoms with Crippen molar-refractivity contribution in [3.8, 4) is 0 Å². The second-order valence-electron chi connectivity index (χ2n) is 6.19. The number of carbonyl (C=O) groups is 1. The Morgan fingerprint density at radius 3 is 2.96 bits per heavy atom. The molecule has 0 radical (unpaired) electrons. The molecule has 23 heavy (non-hydrogen) atoms. The Labute approximate surface area is 139 Å². The molecule has 2 aromatic rings. The summed E-state index contributed by atoms with van der Waals surface area (Å²) in [5.41, 5.74) is 4.18. The molecule has 0 spiro atoms. The molecule has 4 rings (SSSR count). The molecule has 0 aromatic carbocycles. The number of likely N-dealkylation sites (N-methyl/N-ethyl adjacent to an activating group) is 1. The number of carbonyl (C=O) groups excluding carboxylic acids is 1. The standard InChI is InChI=1S/C16H21N5OS/c1-4-21-6-5-10-12(8-21)23-16-13(10)15(22)18-14(19-16)11-7-17-20(3)9(11)2/h7,14,19H,4-6,8H2,1-3H3,(H,18,22)/t14-/m1/s1. The van der Waals surface area contributed by atoms with Crippen LogP contribution in [0.15, 0.2) is 6.20 Å². The summed E-state index contributed by atoms with van der Waals surface area (Å²) in [5, 5.41) is 11.9. The third-order valence-corrected chi connectivity index (χ3v) is 6.09. The van der Waals surface area contributed by atoms with Crippen LogP contribution in [0.2, 0.25) is 0 Å². The molecule has 2 aromatic heterocycles. The summed E-state index contributed by atoms with van der Waals surface area (Å²) in [5.74, 6) is 0.0365. The minimum absolute atomic E-state index is 0.0365. The van der Waals surface area contributed by atoms with Crippen LogP contribution in [-0.2, 0) is 20.0 Å². The summed E-state index contributed by atoms with van der Waals surface area (Å²) in [6, 6.07) is 0. The number of nitrogens with one attached hydrogen (secondary N) is 2. The lowest BCUT2D eigenvalue weighted by Gasteiger charge is -2.27. The molecule has 0 aliphatic carbocycles. The molecule has 6 nitrogen and oxygen atoms in total. The van der Waals surface area contributed by atoms with Gasteiger partial charge < -0.3 is 10.6 Å². The first kappa shape index (κ1) is 14.7. The van der Waals surface area contributed by atoms with Crippen molar-refractivity contribution in [3.63, 3.8) is 0 Å². The number of thiophene rings is 1. The van der Waals surface area contributed by atoms with Gasteiger partial charge in [0.05, 0.1) is 11.8 Å². The smallest absolute Gasteiger partial charge is 0.256 e. The van der Waals surface area contributed by atoms with Crippen molar-refractivity contribution < 1.29 is 4.79 Å². The van der Waals surface area contributed by atoms with Gasteiger partial charge in [-0.1, -0.05) is 6.92 Å². The lowest BCUT2D eigenvalue weighted by Crippen LogP contribution is -2.39. The molecule has 0 bridgehead atoms. The van der Waals surface area contributed by atoms with Crippen molar-refractivity contribution in [2.45, 2.75) is 33.0 Å². The summed E-state index contributed by atoms with van der Waals surface area (Å²) in [6.07, 6.45) is 2.58. The molecule has 0 saturated carbocycles. The second kappa shape index (κ2) is 5.35. The van der Waals surface area contributed by atoms with Gasteiger partial charge in [-0.05, 0) is 25.5 Å². The van der Waals surface area contributed by atoms with E-state index in [1.165, 1.54) is 10.4 Å². The van der Waals surface area contributed by atoms with Crippen molar-refractivity contribution in [2.75, 3.05) is 18.4 Å². The van der Waals surface area contributed by atoms with Crippen LogP contribution in [-0.4, -0.2) is 33.7 Å². The highest BCUT2D eigenvalue weighted by Gasteiger charge is 2.33. The molecule has 2 aliphatic rings. The largest absolute Gasteiger partial charge is 0.352 e. The molecule has 0 saturated heterocycles. The molecule has 0 unspecified atom stereocenters. The molecule has 0 fully saturated rings. The third kappa shape index (κ3) is 2.26. The first-order valence-corrected chi connectivity index (χ1v) is 8.83. The van der Waals surface area contributed by atoms with Crippen LogP contribution in [0.3, 0.4) is 0 Å². The van der Waals surface area contributed by atoms with Gasteiger partial charge in [0.15, 0.2) is 0 Å². The highest BCUT2D eigenvalue weighted by atomic mass is 32.1. The van der Waals surface area contributed by atoms with E-state index in [0.717, 1.165) is 47.9 Å². The molecule has 1 amide bonds. The molecule has 7 heteroatoms. The van der Waals surface area contributed by atoms with Crippen LogP contribution in [0, 0.1) is 6.92 Å². The van der Waals surface area contributed by atoms with Crippen molar-refractivity contribution >= 4 is 22.2 Å². The van der Waals surface area contributed by atoms with Gasteiger partial charge in [0.1, 0.15) is 11.2 Å².